The van der Waals surface area contributed by atoms with Crippen molar-refractivity contribution in [2.45, 2.75) is 13.1 Å². The lowest BCUT2D eigenvalue weighted by atomic mass is 10.2. The Labute approximate surface area is 149 Å². The minimum atomic E-state index is -4.33. The summed E-state index contributed by atoms with van der Waals surface area (Å²) in [6.07, 6.45) is -2.48. The Morgan fingerprint density at radius 3 is 2.28 bits per heavy atom. The third kappa shape index (κ3) is 4.10. The molecule has 0 aliphatic carbocycles. The van der Waals surface area contributed by atoms with E-state index in [1.54, 1.807) is 4.68 Å². The van der Waals surface area contributed by atoms with Crippen molar-refractivity contribution in [2.24, 2.45) is 0 Å². The molecule has 2 aromatic rings. The molecular weight excluding hydrogens is 353 g/mol. The lowest BCUT2D eigenvalue weighted by Gasteiger charge is -2.34. The maximum Gasteiger partial charge on any atom is 0.416 e. The van der Waals surface area contributed by atoms with Gasteiger partial charge in [0.2, 0.25) is 0 Å². The molecule has 1 aliphatic rings. The van der Waals surface area contributed by atoms with Crippen LogP contribution >= 0.6 is 11.6 Å². The Kier molecular flexibility index (Phi) is 5.24. The first-order valence-electron chi connectivity index (χ1n) is 8.15. The zero-order chi connectivity index (χ0) is 18.0. The standard InChI is InChI=1S/C17H20ClF3N4/c1-13-12-25(15-4-2-14(3-5-15)17(19,20)21)22-16(13)24-10-8-23(7-6-18)9-11-24/h2-5,12H,6-11H2,1H3. The average Bonchev–Trinajstić information content (AvgIpc) is 2.97. The molecule has 4 nitrogen and oxygen atoms in total. The molecule has 0 spiro atoms. The van der Waals surface area contributed by atoms with E-state index in [4.69, 9.17) is 11.6 Å². The van der Waals surface area contributed by atoms with Gasteiger partial charge in [0.15, 0.2) is 5.82 Å². The molecule has 3 rings (SSSR count). The lowest BCUT2D eigenvalue weighted by molar-refractivity contribution is -0.137. The molecule has 0 radical (unpaired) electrons. The number of alkyl halides is 4. The number of hydrogen-bond donors (Lipinski definition) is 0. The maximum absolute atomic E-state index is 12.7. The number of aromatic nitrogens is 2. The van der Waals surface area contributed by atoms with Crippen molar-refractivity contribution < 1.29 is 13.2 Å². The minimum Gasteiger partial charge on any atom is -0.352 e. The van der Waals surface area contributed by atoms with E-state index < -0.39 is 11.7 Å². The molecular formula is C17H20ClF3N4. The largest absolute Gasteiger partial charge is 0.416 e. The molecule has 0 atom stereocenters. The first-order chi connectivity index (χ1) is 11.9. The predicted molar refractivity (Wildman–Crippen MR) is 92.7 cm³/mol. The molecule has 1 saturated heterocycles. The van der Waals surface area contributed by atoms with E-state index in [1.165, 1.54) is 12.1 Å². The quantitative estimate of drug-likeness (QED) is 0.767. The summed E-state index contributed by atoms with van der Waals surface area (Å²) in [5, 5.41) is 4.58. The van der Waals surface area contributed by atoms with Crippen LogP contribution in [-0.2, 0) is 6.18 Å². The molecule has 1 aromatic heterocycles. The van der Waals surface area contributed by atoms with Crippen molar-refractivity contribution in [1.29, 1.82) is 0 Å². The van der Waals surface area contributed by atoms with E-state index >= 15 is 0 Å². The molecule has 0 unspecified atom stereocenters. The zero-order valence-electron chi connectivity index (χ0n) is 13.9. The number of hydrogen-bond acceptors (Lipinski definition) is 3. The highest BCUT2D eigenvalue weighted by Gasteiger charge is 2.30. The van der Waals surface area contributed by atoms with Crippen molar-refractivity contribution in [3.63, 3.8) is 0 Å². The SMILES string of the molecule is Cc1cn(-c2ccc(C(F)(F)F)cc2)nc1N1CCN(CCCl)CC1. The number of halogens is 4. The third-order valence-corrected chi connectivity index (χ3v) is 4.57. The Morgan fingerprint density at radius 2 is 1.72 bits per heavy atom. The highest BCUT2D eigenvalue weighted by atomic mass is 35.5. The topological polar surface area (TPSA) is 24.3 Å². The number of aryl methyl sites for hydroxylation is 1. The van der Waals surface area contributed by atoms with Crippen molar-refractivity contribution in [3.8, 4) is 5.69 Å². The van der Waals surface area contributed by atoms with Gasteiger partial charge >= 0.3 is 6.18 Å². The average molecular weight is 373 g/mol. The van der Waals surface area contributed by atoms with Crippen LogP contribution in [0.2, 0.25) is 0 Å². The number of anilines is 1. The number of benzene rings is 1. The molecule has 2 heterocycles. The summed E-state index contributed by atoms with van der Waals surface area (Å²) < 4.78 is 39.7. The van der Waals surface area contributed by atoms with Crippen LogP contribution < -0.4 is 4.90 Å². The fourth-order valence-electron chi connectivity index (χ4n) is 3.00. The summed E-state index contributed by atoms with van der Waals surface area (Å²) >= 11 is 5.78. The molecule has 8 heteroatoms. The molecule has 0 saturated carbocycles. The molecule has 1 aliphatic heterocycles. The van der Waals surface area contributed by atoms with Crippen molar-refractivity contribution in [1.82, 2.24) is 14.7 Å². The van der Waals surface area contributed by atoms with Gasteiger partial charge in [0.1, 0.15) is 0 Å². The van der Waals surface area contributed by atoms with Crippen LogP contribution in [0.25, 0.3) is 5.69 Å². The monoisotopic (exact) mass is 372 g/mol. The number of piperazine rings is 1. The Hall–Kier alpha value is -1.73. The first kappa shape index (κ1) is 18.1. The third-order valence-electron chi connectivity index (χ3n) is 4.40. The Morgan fingerprint density at radius 1 is 1.08 bits per heavy atom. The first-order valence-corrected chi connectivity index (χ1v) is 8.69. The van der Waals surface area contributed by atoms with E-state index in [0.717, 1.165) is 56.2 Å². The van der Waals surface area contributed by atoms with Gasteiger partial charge in [-0.2, -0.15) is 13.2 Å². The fraction of sp³-hybridized carbons (Fsp3) is 0.471. The molecule has 0 N–H and O–H groups in total. The van der Waals surface area contributed by atoms with Crippen LogP contribution in [0.3, 0.4) is 0 Å². The molecule has 0 amide bonds. The van der Waals surface area contributed by atoms with Gasteiger partial charge in [-0.25, -0.2) is 4.68 Å². The van der Waals surface area contributed by atoms with Gasteiger partial charge in [-0.05, 0) is 31.2 Å². The van der Waals surface area contributed by atoms with Crippen LogP contribution in [-0.4, -0.2) is 53.3 Å². The van der Waals surface area contributed by atoms with Crippen LogP contribution in [0.1, 0.15) is 11.1 Å². The van der Waals surface area contributed by atoms with Gasteiger partial charge in [-0.15, -0.1) is 16.7 Å². The van der Waals surface area contributed by atoms with Crippen molar-refractivity contribution >= 4 is 17.4 Å². The number of rotatable bonds is 4. The molecule has 25 heavy (non-hydrogen) atoms. The second-order valence-electron chi connectivity index (χ2n) is 6.14. The molecule has 1 fully saturated rings. The van der Waals surface area contributed by atoms with Crippen LogP contribution in [0.4, 0.5) is 19.0 Å². The van der Waals surface area contributed by atoms with Gasteiger partial charge < -0.3 is 4.90 Å². The van der Waals surface area contributed by atoms with E-state index in [2.05, 4.69) is 14.9 Å². The van der Waals surface area contributed by atoms with E-state index in [9.17, 15) is 13.2 Å². The highest BCUT2D eigenvalue weighted by Crippen LogP contribution is 2.30. The predicted octanol–water partition coefficient (Wildman–Crippen LogP) is 3.56. The minimum absolute atomic E-state index is 0.614. The Bertz CT molecular complexity index is 704. The normalized spacial score (nSPS) is 16.4. The summed E-state index contributed by atoms with van der Waals surface area (Å²) in [4.78, 5) is 4.52. The van der Waals surface area contributed by atoms with Gasteiger partial charge in [0.25, 0.3) is 0 Å². The lowest BCUT2D eigenvalue weighted by Crippen LogP contribution is -2.47. The summed E-state index contributed by atoms with van der Waals surface area (Å²) in [6.45, 7) is 6.44. The molecule has 1 aromatic carbocycles. The fourth-order valence-corrected chi connectivity index (χ4v) is 3.24. The summed E-state index contributed by atoms with van der Waals surface area (Å²) in [7, 11) is 0. The summed E-state index contributed by atoms with van der Waals surface area (Å²) in [6, 6.07) is 5.04. The second-order valence-corrected chi connectivity index (χ2v) is 6.52. The van der Waals surface area contributed by atoms with Crippen molar-refractivity contribution in [3.05, 3.63) is 41.6 Å². The molecule has 136 valence electrons. The number of nitrogens with zero attached hydrogens (tertiary/aromatic N) is 4. The maximum atomic E-state index is 12.7. The highest BCUT2D eigenvalue weighted by molar-refractivity contribution is 6.18. The van der Waals surface area contributed by atoms with Crippen LogP contribution in [0, 0.1) is 6.92 Å². The van der Waals surface area contributed by atoms with Gasteiger partial charge in [-0.3, -0.25) is 4.90 Å². The van der Waals surface area contributed by atoms with Crippen LogP contribution in [0.15, 0.2) is 30.5 Å². The summed E-state index contributed by atoms with van der Waals surface area (Å²) in [5.74, 6) is 1.51. The molecule has 0 bridgehead atoms. The zero-order valence-corrected chi connectivity index (χ0v) is 14.7. The van der Waals surface area contributed by atoms with Crippen LogP contribution in [0.5, 0.6) is 0 Å². The van der Waals surface area contributed by atoms with E-state index in [0.29, 0.717) is 11.6 Å². The Balaban J connectivity index is 1.74. The van der Waals surface area contributed by atoms with Crippen molar-refractivity contribution in [2.75, 3.05) is 43.5 Å². The van der Waals surface area contributed by atoms with E-state index in [1.807, 2.05) is 13.1 Å². The van der Waals surface area contributed by atoms with Gasteiger partial charge in [0.05, 0.1) is 11.3 Å². The van der Waals surface area contributed by atoms with Gasteiger partial charge in [-0.1, -0.05) is 0 Å². The summed E-state index contributed by atoms with van der Waals surface area (Å²) in [5.41, 5.74) is 0.963. The smallest absolute Gasteiger partial charge is 0.352 e. The van der Waals surface area contributed by atoms with E-state index in [-0.39, 0.29) is 0 Å². The second kappa shape index (κ2) is 7.25. The van der Waals surface area contributed by atoms with Gasteiger partial charge in [0, 0.05) is 50.4 Å².